The van der Waals surface area contributed by atoms with Gasteiger partial charge < -0.3 is 0 Å². The molecule has 0 saturated heterocycles. The number of nitrogens with zero attached hydrogens (tertiary/aromatic N) is 1. The monoisotopic (exact) mass is 503 g/mol. The molecule has 2 aliphatic carbocycles. The summed E-state index contributed by atoms with van der Waals surface area (Å²) in [6.45, 7) is 0. The Balaban J connectivity index is 1.35. The lowest BCUT2D eigenvalue weighted by molar-refractivity contribution is 1.42. The van der Waals surface area contributed by atoms with Gasteiger partial charge in [0.25, 0.3) is 0 Å². The molecular weight excluding hydrogens is 482 g/mol. The van der Waals surface area contributed by atoms with Crippen molar-refractivity contribution in [2.75, 3.05) is 0 Å². The number of benzene rings is 7. The van der Waals surface area contributed by atoms with Crippen molar-refractivity contribution in [3.05, 3.63) is 127 Å². The second kappa shape index (κ2) is 7.22. The first-order valence-electron chi connectivity index (χ1n) is 13.9. The fraction of sp³-hybridized carbons (Fsp3) is 0. The molecule has 0 unspecified atom stereocenters. The topological polar surface area (TPSA) is 12.9 Å². The van der Waals surface area contributed by atoms with Crippen LogP contribution in [0, 0.1) is 0 Å². The molecule has 7 aromatic carbocycles. The lowest BCUT2D eigenvalue weighted by atomic mass is 9.89. The Morgan fingerprint density at radius 2 is 0.800 bits per heavy atom. The van der Waals surface area contributed by atoms with E-state index in [-0.39, 0.29) is 0 Å². The van der Waals surface area contributed by atoms with Crippen LogP contribution in [0.25, 0.3) is 99.0 Å². The third-order valence-electron chi connectivity index (χ3n) is 9.12. The molecular formula is C39H21N. The number of hydrogen-bond acceptors (Lipinski definition) is 1. The second-order valence-electron chi connectivity index (χ2n) is 11.1. The minimum atomic E-state index is 1.03. The summed E-state index contributed by atoms with van der Waals surface area (Å²) in [4.78, 5) is 5.31. The Bertz CT molecular complexity index is 2430. The summed E-state index contributed by atoms with van der Waals surface area (Å²) in [5.41, 5.74) is 13.8. The number of hydrogen-bond donors (Lipinski definition) is 0. The van der Waals surface area contributed by atoms with Crippen molar-refractivity contribution in [3.63, 3.8) is 0 Å². The van der Waals surface area contributed by atoms with Gasteiger partial charge in [-0.25, -0.2) is 4.98 Å². The molecule has 0 bridgehead atoms. The lowest BCUT2D eigenvalue weighted by Gasteiger charge is -2.15. The van der Waals surface area contributed by atoms with Crippen LogP contribution in [-0.2, 0) is 0 Å². The van der Waals surface area contributed by atoms with Crippen LogP contribution < -0.4 is 0 Å². The van der Waals surface area contributed by atoms with E-state index in [0.29, 0.717) is 0 Å². The Hall–Kier alpha value is -5.27. The third-order valence-corrected chi connectivity index (χ3v) is 9.12. The summed E-state index contributed by atoms with van der Waals surface area (Å²) in [6, 6.07) is 46.9. The van der Waals surface area contributed by atoms with E-state index >= 15 is 0 Å². The van der Waals surface area contributed by atoms with Crippen molar-refractivity contribution in [3.8, 4) is 55.8 Å². The van der Waals surface area contributed by atoms with Crippen LogP contribution in [0.3, 0.4) is 0 Å². The number of fused-ring (bicyclic) bond motifs is 10. The summed E-state index contributed by atoms with van der Waals surface area (Å²) < 4.78 is 0. The van der Waals surface area contributed by atoms with Gasteiger partial charge in [0.15, 0.2) is 0 Å². The van der Waals surface area contributed by atoms with E-state index in [9.17, 15) is 0 Å². The Morgan fingerprint density at radius 1 is 0.300 bits per heavy atom. The highest BCUT2D eigenvalue weighted by Gasteiger charge is 2.25. The zero-order valence-electron chi connectivity index (χ0n) is 21.6. The van der Waals surface area contributed by atoms with Gasteiger partial charge in [-0.2, -0.15) is 0 Å². The Labute approximate surface area is 231 Å². The first kappa shape index (κ1) is 20.7. The average molecular weight is 504 g/mol. The highest BCUT2D eigenvalue weighted by Crippen LogP contribution is 2.52. The summed E-state index contributed by atoms with van der Waals surface area (Å²) in [7, 11) is 0. The molecule has 182 valence electrons. The third kappa shape index (κ3) is 2.46. The maximum Gasteiger partial charge on any atom is 0.0722 e. The van der Waals surface area contributed by atoms with Gasteiger partial charge in [-0.15, -0.1) is 0 Å². The van der Waals surface area contributed by atoms with E-state index in [4.69, 9.17) is 4.98 Å². The van der Waals surface area contributed by atoms with E-state index in [2.05, 4.69) is 127 Å². The van der Waals surface area contributed by atoms with Gasteiger partial charge >= 0.3 is 0 Å². The highest BCUT2D eigenvalue weighted by molar-refractivity contribution is 6.28. The van der Waals surface area contributed by atoms with Gasteiger partial charge in [0, 0.05) is 10.9 Å². The second-order valence-corrected chi connectivity index (χ2v) is 11.1. The lowest BCUT2D eigenvalue weighted by Crippen LogP contribution is -1.91. The smallest absolute Gasteiger partial charge is 0.0722 e. The molecule has 0 radical (unpaired) electrons. The molecule has 10 rings (SSSR count). The molecule has 0 atom stereocenters. The summed E-state index contributed by atoms with van der Waals surface area (Å²) in [5.74, 6) is 0. The summed E-state index contributed by atoms with van der Waals surface area (Å²) >= 11 is 0. The van der Waals surface area contributed by atoms with Crippen molar-refractivity contribution < 1.29 is 0 Å². The van der Waals surface area contributed by atoms with Gasteiger partial charge in [-0.1, -0.05) is 103 Å². The van der Waals surface area contributed by atoms with E-state index < -0.39 is 0 Å². The fourth-order valence-corrected chi connectivity index (χ4v) is 7.48. The molecule has 8 aromatic rings. The number of pyridine rings is 1. The molecule has 0 fully saturated rings. The first-order valence-corrected chi connectivity index (χ1v) is 13.9. The van der Waals surface area contributed by atoms with Gasteiger partial charge in [-0.05, 0) is 101 Å². The molecule has 0 amide bonds. The molecule has 0 N–H and O–H groups in total. The van der Waals surface area contributed by atoms with Crippen LogP contribution in [0.5, 0.6) is 0 Å². The standard InChI is InChI=1S/C39H21N/c1-5-13-26-22(9-1)28-15-7-16-30-32-19-33(25-12-4-3-11-24(25)31(32)20-34(26)38(28)30)37-21-35-27-14-6-2-10-23(27)29-17-8-18-36(40-37)39(29)35/h1-21H. The first-order chi connectivity index (χ1) is 19.8. The Kier molecular flexibility index (Phi) is 3.73. The number of aromatic nitrogens is 1. The zero-order valence-corrected chi connectivity index (χ0v) is 21.6. The van der Waals surface area contributed by atoms with Crippen molar-refractivity contribution in [1.29, 1.82) is 0 Å². The minimum Gasteiger partial charge on any atom is -0.248 e. The van der Waals surface area contributed by atoms with Gasteiger partial charge in [0.1, 0.15) is 0 Å². The van der Waals surface area contributed by atoms with E-state index in [1.165, 1.54) is 87.8 Å². The Morgan fingerprint density at radius 3 is 1.55 bits per heavy atom. The minimum absolute atomic E-state index is 1.03. The van der Waals surface area contributed by atoms with Gasteiger partial charge in [0.2, 0.25) is 0 Å². The van der Waals surface area contributed by atoms with Crippen LogP contribution in [0.1, 0.15) is 0 Å². The van der Waals surface area contributed by atoms with E-state index in [0.717, 1.165) is 11.2 Å². The summed E-state index contributed by atoms with van der Waals surface area (Å²) in [6.07, 6.45) is 0. The molecule has 0 saturated carbocycles. The van der Waals surface area contributed by atoms with Crippen LogP contribution in [-0.4, -0.2) is 4.98 Å². The van der Waals surface area contributed by atoms with Gasteiger partial charge in [-0.3, -0.25) is 0 Å². The molecule has 1 heteroatoms. The number of rotatable bonds is 1. The maximum absolute atomic E-state index is 5.31. The summed E-state index contributed by atoms with van der Waals surface area (Å²) in [5, 5.41) is 9.04. The zero-order chi connectivity index (χ0) is 25.9. The van der Waals surface area contributed by atoms with Gasteiger partial charge in [0.05, 0.1) is 11.2 Å². The van der Waals surface area contributed by atoms with E-state index in [1.807, 2.05) is 0 Å². The molecule has 2 aliphatic rings. The molecule has 40 heavy (non-hydrogen) atoms. The maximum atomic E-state index is 5.31. The molecule has 1 aromatic heterocycles. The van der Waals surface area contributed by atoms with Crippen molar-refractivity contribution in [2.24, 2.45) is 0 Å². The molecule has 0 spiro atoms. The normalized spacial score (nSPS) is 12.5. The van der Waals surface area contributed by atoms with Crippen LogP contribution in [0.15, 0.2) is 127 Å². The molecule has 0 aliphatic heterocycles. The van der Waals surface area contributed by atoms with Crippen LogP contribution in [0.2, 0.25) is 0 Å². The quantitative estimate of drug-likeness (QED) is 0.203. The van der Waals surface area contributed by atoms with Crippen molar-refractivity contribution in [2.45, 2.75) is 0 Å². The molecule has 1 nitrogen and oxygen atoms in total. The average Bonchev–Trinajstić information content (AvgIpc) is 3.52. The highest BCUT2D eigenvalue weighted by atomic mass is 14.7. The molecule has 1 heterocycles. The largest absolute Gasteiger partial charge is 0.248 e. The predicted octanol–water partition coefficient (Wildman–Crippen LogP) is 10.7. The van der Waals surface area contributed by atoms with E-state index in [1.54, 1.807) is 0 Å². The van der Waals surface area contributed by atoms with Crippen LogP contribution >= 0.6 is 0 Å². The van der Waals surface area contributed by atoms with Crippen molar-refractivity contribution >= 4 is 43.2 Å². The van der Waals surface area contributed by atoms with Crippen LogP contribution in [0.4, 0.5) is 0 Å². The van der Waals surface area contributed by atoms with Crippen molar-refractivity contribution in [1.82, 2.24) is 4.98 Å². The fourth-order valence-electron chi connectivity index (χ4n) is 7.48. The SMILES string of the molecule is c1ccc2c(c1)-c1cccc3nc(-c4cc5c6cccc7c6c(cc5c5ccccc45)-c4ccccc4-7)cc-2c13. The predicted molar refractivity (Wildman–Crippen MR) is 169 cm³/mol.